The fourth-order valence-corrected chi connectivity index (χ4v) is 0.434. The highest BCUT2D eigenvalue weighted by Gasteiger charge is 2.01. The molecule has 7 heavy (non-hydrogen) atoms. The Balaban J connectivity index is 2.57. The Bertz CT molecular complexity index is 142. The minimum atomic E-state index is 0.884. The highest BCUT2D eigenvalue weighted by molar-refractivity contribution is 5.38. The Hall–Kier alpha value is -0.880. The molecule has 36 valence electrons. The summed E-state index contributed by atoms with van der Waals surface area (Å²) in [6.07, 6.45) is 5.42. The van der Waals surface area contributed by atoms with Crippen molar-refractivity contribution in [2.24, 2.45) is 4.99 Å². The minimum absolute atomic E-state index is 0.884. The standard InChI is InChI=1S/C5H5NO/c7-4-6-5-2-1-3-5/h2H,1,3H2. The van der Waals surface area contributed by atoms with Gasteiger partial charge in [-0.3, -0.25) is 0 Å². The fraction of sp³-hybridized carbons (Fsp3) is 0.400. The zero-order valence-corrected chi connectivity index (χ0v) is 3.85. The maximum Gasteiger partial charge on any atom is 0.240 e. The van der Waals surface area contributed by atoms with Crippen LogP contribution in [0.3, 0.4) is 0 Å². The van der Waals surface area contributed by atoms with Gasteiger partial charge in [0.05, 0.1) is 0 Å². The fourth-order valence-electron chi connectivity index (χ4n) is 0.434. The van der Waals surface area contributed by atoms with Gasteiger partial charge < -0.3 is 0 Å². The molecule has 1 aliphatic carbocycles. The molecular formula is C5H5NO. The van der Waals surface area contributed by atoms with E-state index in [4.69, 9.17) is 0 Å². The van der Waals surface area contributed by atoms with Crippen molar-refractivity contribution in [1.82, 2.24) is 0 Å². The summed E-state index contributed by atoms with van der Waals surface area (Å²) in [6.45, 7) is 0. The lowest BCUT2D eigenvalue weighted by atomic mass is 10.1. The van der Waals surface area contributed by atoms with E-state index in [9.17, 15) is 4.79 Å². The molecule has 0 heterocycles. The Kier molecular flexibility index (Phi) is 1.05. The van der Waals surface area contributed by atoms with Crippen LogP contribution < -0.4 is 0 Å². The molecule has 0 N–H and O–H groups in total. The van der Waals surface area contributed by atoms with Crippen LogP contribution in [-0.2, 0) is 4.79 Å². The van der Waals surface area contributed by atoms with Gasteiger partial charge in [0, 0.05) is 5.70 Å². The summed E-state index contributed by atoms with van der Waals surface area (Å²) in [5.41, 5.74) is 0.884. The van der Waals surface area contributed by atoms with Gasteiger partial charge in [0.1, 0.15) is 0 Å². The van der Waals surface area contributed by atoms with Gasteiger partial charge >= 0.3 is 0 Å². The lowest BCUT2D eigenvalue weighted by Crippen LogP contribution is -1.87. The molecule has 1 rings (SSSR count). The van der Waals surface area contributed by atoms with E-state index in [1.807, 2.05) is 6.08 Å². The molecular weight excluding hydrogens is 90.1 g/mol. The molecule has 0 unspecified atom stereocenters. The molecule has 0 radical (unpaired) electrons. The van der Waals surface area contributed by atoms with E-state index in [1.54, 1.807) is 0 Å². The van der Waals surface area contributed by atoms with Crippen LogP contribution in [0.2, 0.25) is 0 Å². The first kappa shape index (κ1) is 4.28. The summed E-state index contributed by atoms with van der Waals surface area (Å²) in [7, 11) is 0. The van der Waals surface area contributed by atoms with Gasteiger partial charge in [-0.15, -0.1) is 0 Å². The Morgan fingerprint density at radius 3 is 2.71 bits per heavy atom. The van der Waals surface area contributed by atoms with Gasteiger partial charge in [0.2, 0.25) is 6.08 Å². The van der Waals surface area contributed by atoms with E-state index in [-0.39, 0.29) is 0 Å². The molecule has 2 nitrogen and oxygen atoms in total. The maximum absolute atomic E-state index is 9.48. The monoisotopic (exact) mass is 95.0 g/mol. The molecule has 0 aromatic heterocycles. The molecule has 0 fully saturated rings. The van der Waals surface area contributed by atoms with Crippen molar-refractivity contribution >= 4 is 6.08 Å². The van der Waals surface area contributed by atoms with Crippen LogP contribution in [0.4, 0.5) is 0 Å². The predicted molar refractivity (Wildman–Crippen MR) is 25.4 cm³/mol. The number of aliphatic imine (C=N–C) groups is 1. The van der Waals surface area contributed by atoms with E-state index in [0.29, 0.717) is 0 Å². The van der Waals surface area contributed by atoms with Crippen LogP contribution in [0, 0.1) is 0 Å². The van der Waals surface area contributed by atoms with Gasteiger partial charge in [-0.05, 0) is 12.8 Å². The quantitative estimate of drug-likeness (QED) is 0.353. The summed E-state index contributed by atoms with van der Waals surface area (Å²) >= 11 is 0. The molecule has 2 heteroatoms. The second-order valence-corrected chi connectivity index (χ2v) is 1.44. The summed E-state index contributed by atoms with van der Waals surface area (Å²) in [6, 6.07) is 0. The van der Waals surface area contributed by atoms with Crippen molar-refractivity contribution in [3.05, 3.63) is 11.8 Å². The van der Waals surface area contributed by atoms with Gasteiger partial charge in [0.15, 0.2) is 0 Å². The van der Waals surface area contributed by atoms with Crippen molar-refractivity contribution in [2.75, 3.05) is 0 Å². The summed E-state index contributed by atoms with van der Waals surface area (Å²) in [5, 5.41) is 0. The Morgan fingerprint density at radius 1 is 1.86 bits per heavy atom. The van der Waals surface area contributed by atoms with Crippen LogP contribution in [0.25, 0.3) is 0 Å². The van der Waals surface area contributed by atoms with E-state index >= 15 is 0 Å². The summed E-state index contributed by atoms with van der Waals surface area (Å²) in [4.78, 5) is 12.9. The normalized spacial score (nSPS) is 16.3. The molecule has 0 aromatic carbocycles. The van der Waals surface area contributed by atoms with Crippen molar-refractivity contribution in [3.63, 3.8) is 0 Å². The van der Waals surface area contributed by atoms with Crippen molar-refractivity contribution in [2.45, 2.75) is 12.8 Å². The van der Waals surface area contributed by atoms with Gasteiger partial charge in [-0.2, -0.15) is 4.99 Å². The summed E-state index contributed by atoms with van der Waals surface area (Å²) < 4.78 is 0. The predicted octanol–water partition coefficient (Wildman–Crippen LogP) is 1.000. The van der Waals surface area contributed by atoms with Crippen LogP contribution in [0.5, 0.6) is 0 Å². The molecule has 0 saturated carbocycles. The minimum Gasteiger partial charge on any atom is -0.211 e. The molecule has 0 atom stereocenters. The van der Waals surface area contributed by atoms with Crippen molar-refractivity contribution in [1.29, 1.82) is 0 Å². The third kappa shape index (κ3) is 0.756. The first-order chi connectivity index (χ1) is 3.43. The molecule has 0 bridgehead atoms. The first-order valence-electron chi connectivity index (χ1n) is 2.20. The average Bonchev–Trinajstić information content (AvgIpc) is 1.55. The number of rotatable bonds is 1. The Morgan fingerprint density at radius 2 is 2.57 bits per heavy atom. The molecule has 0 aromatic rings. The third-order valence-corrected chi connectivity index (χ3v) is 0.970. The SMILES string of the molecule is O=C=NC1=CCC1. The smallest absolute Gasteiger partial charge is 0.211 e. The maximum atomic E-state index is 9.48. The van der Waals surface area contributed by atoms with E-state index in [0.717, 1.165) is 18.5 Å². The van der Waals surface area contributed by atoms with Gasteiger partial charge in [-0.1, -0.05) is 6.08 Å². The summed E-state index contributed by atoms with van der Waals surface area (Å²) in [5.74, 6) is 0. The van der Waals surface area contributed by atoms with Crippen molar-refractivity contribution < 1.29 is 4.79 Å². The zero-order valence-electron chi connectivity index (χ0n) is 3.85. The van der Waals surface area contributed by atoms with Crippen molar-refractivity contribution in [3.8, 4) is 0 Å². The molecule has 0 amide bonds. The number of allylic oxidation sites excluding steroid dienone is 2. The lowest BCUT2D eigenvalue weighted by molar-refractivity contribution is 0.563. The van der Waals surface area contributed by atoms with Crippen LogP contribution in [0.15, 0.2) is 16.8 Å². The number of carbonyl (C=O) groups excluding carboxylic acids is 1. The zero-order chi connectivity index (χ0) is 5.11. The molecule has 0 spiro atoms. The molecule has 0 aliphatic heterocycles. The number of nitrogens with zero attached hydrogens (tertiary/aromatic N) is 1. The molecule has 1 aliphatic rings. The van der Waals surface area contributed by atoms with E-state index in [1.165, 1.54) is 6.08 Å². The topological polar surface area (TPSA) is 29.4 Å². The average molecular weight is 95.1 g/mol. The second-order valence-electron chi connectivity index (χ2n) is 1.44. The largest absolute Gasteiger partial charge is 0.240 e. The van der Waals surface area contributed by atoms with Crippen LogP contribution in [-0.4, -0.2) is 6.08 Å². The third-order valence-electron chi connectivity index (χ3n) is 0.970. The second kappa shape index (κ2) is 1.71. The highest BCUT2D eigenvalue weighted by atomic mass is 16.1. The number of hydrogen-bond donors (Lipinski definition) is 0. The number of isocyanates is 1. The van der Waals surface area contributed by atoms with Gasteiger partial charge in [-0.25, -0.2) is 4.79 Å². The number of hydrogen-bond acceptors (Lipinski definition) is 2. The van der Waals surface area contributed by atoms with Crippen LogP contribution in [0.1, 0.15) is 12.8 Å². The van der Waals surface area contributed by atoms with Crippen LogP contribution >= 0.6 is 0 Å². The molecule has 0 saturated heterocycles. The lowest BCUT2D eigenvalue weighted by Gasteiger charge is -2.03. The van der Waals surface area contributed by atoms with Gasteiger partial charge in [0.25, 0.3) is 0 Å². The van der Waals surface area contributed by atoms with E-state index in [2.05, 4.69) is 4.99 Å². The van der Waals surface area contributed by atoms with E-state index < -0.39 is 0 Å². The first-order valence-corrected chi connectivity index (χ1v) is 2.20. The Labute approximate surface area is 41.6 Å². The highest BCUT2D eigenvalue weighted by Crippen LogP contribution is 2.17.